The lowest BCUT2D eigenvalue weighted by Gasteiger charge is -2.02. The van der Waals surface area contributed by atoms with Crippen molar-refractivity contribution in [2.75, 3.05) is 6.61 Å². The molecule has 0 saturated carbocycles. The van der Waals surface area contributed by atoms with Crippen molar-refractivity contribution in [2.24, 2.45) is 4.99 Å². The number of fused-ring (bicyclic) bond motifs is 3. The van der Waals surface area contributed by atoms with Crippen LogP contribution in [0.1, 0.15) is 67.5 Å². The predicted molar refractivity (Wildman–Crippen MR) is 329 cm³/mol. The lowest BCUT2D eigenvalue weighted by Crippen LogP contribution is -2.18. The van der Waals surface area contributed by atoms with E-state index >= 15 is 0 Å². The number of Topliss-reactive ketones (excluding diaryl/α,β-unsaturated/α-hetero) is 1. The summed E-state index contributed by atoms with van der Waals surface area (Å²) in [5.41, 5.74) is 7.96. The van der Waals surface area contributed by atoms with E-state index in [0.29, 0.717) is 38.3 Å². The number of benzene rings is 3. The number of aromatic nitrogens is 10. The van der Waals surface area contributed by atoms with Crippen molar-refractivity contribution in [3.63, 3.8) is 0 Å². The van der Waals surface area contributed by atoms with Crippen molar-refractivity contribution in [3.8, 4) is 0 Å². The quantitative estimate of drug-likeness (QED) is 0.0561. The standard InChI is InChI=1S/C21H13Cl2FN4O3.C14H9FN2O.C14H11FN2.C5H4Cl2N2O.C5H6N2.C4H7BO/c22-16-10-27(31)11-17(23)19(16)26-21(30)20(29)15-9-14(28-18(15)2-1-7-25-28)8-12-3-5-13(24)6-4-12;15-11-5-3-10(4-6-11)14(18)13-8-7-12-2-1-9-16-17(12)13;15-12-5-3-11(4-6-12)10-14-8-7-13-2-1-9-16-17(13)14;6-3-1-9(10)2-4(7)5(3)8;1-5-3-2-4-6-7-5;5-4-2-1-3-6-4/h1-7,9-11,31H,8H2;1-9H;1-9H,10H2;1-2,8,10H;2-4H,1H3;4H,1-3H2. The smallest absolute Gasteiger partial charge is 0.318 e. The Hall–Kier alpha value is -9.71. The first-order chi connectivity index (χ1) is 42.8. The number of carbonyl (C=O) groups is 3. The molecule has 10 heterocycles. The molecule has 2 radical (unpaired) electrons. The molecule has 1 amide bonds. The Balaban J connectivity index is 0.000000151. The molecular formula is C63H50BCl4F3N12O6. The number of carbonyl (C=O) groups excluding carboxylic acids is 3. The minimum atomic E-state index is -1.08. The zero-order chi connectivity index (χ0) is 63.6. The second kappa shape index (κ2) is 31.3. The minimum Gasteiger partial charge on any atom is -0.429 e. The summed E-state index contributed by atoms with van der Waals surface area (Å²) < 4.78 is 50.1. The number of rotatable bonds is 8. The van der Waals surface area contributed by atoms with Gasteiger partial charge < -0.3 is 15.2 Å². The molecule has 1 aliphatic heterocycles. The highest BCUT2D eigenvalue weighted by molar-refractivity contribution is 6.45. The first-order valence-corrected chi connectivity index (χ1v) is 28.2. The summed E-state index contributed by atoms with van der Waals surface area (Å²) in [6.07, 6.45) is 14.4. The van der Waals surface area contributed by atoms with Gasteiger partial charge in [-0.1, -0.05) is 70.7 Å². The van der Waals surface area contributed by atoms with Gasteiger partial charge in [0.05, 0.1) is 78.0 Å². The SMILES string of the molecule is Cc1cccnn1.Fc1ccc(Cc2ccc3cccnn23)cc1.N=c1c(Cl)cn(O)cc1Cl.O=C(N=c1c(Cl)cn(O)cc1Cl)C(=O)c1cc(Cc2ccc(F)cc2)n2ncccc12.O=C(c1ccc(F)cc1)c1ccc2cccnn12.[B]C1CCCO1. The van der Waals surface area contributed by atoms with E-state index in [-0.39, 0.29) is 65.6 Å². The summed E-state index contributed by atoms with van der Waals surface area (Å²) in [6, 6.07) is 41.9. The fourth-order valence-corrected chi connectivity index (χ4v) is 9.40. The van der Waals surface area contributed by atoms with Crippen LogP contribution in [0.3, 0.4) is 0 Å². The maximum absolute atomic E-state index is 13.2. The highest BCUT2D eigenvalue weighted by atomic mass is 35.5. The van der Waals surface area contributed by atoms with Crippen LogP contribution in [0.25, 0.3) is 16.6 Å². The number of hydrogen-bond acceptors (Lipinski definition) is 12. The molecule has 12 aromatic rings. The Morgan fingerprint density at radius 2 is 1.13 bits per heavy atom. The number of ketones is 2. The molecular weight excluding hydrogens is 1230 g/mol. The van der Waals surface area contributed by atoms with Crippen LogP contribution in [-0.2, 0) is 22.4 Å². The van der Waals surface area contributed by atoms with Crippen LogP contribution in [0.15, 0.2) is 206 Å². The number of pyridine rings is 2. The van der Waals surface area contributed by atoms with E-state index < -0.39 is 11.7 Å². The van der Waals surface area contributed by atoms with Crippen molar-refractivity contribution in [2.45, 2.75) is 38.6 Å². The Labute approximate surface area is 526 Å². The first-order valence-electron chi connectivity index (χ1n) is 26.7. The van der Waals surface area contributed by atoms with Gasteiger partial charge in [-0.05, 0) is 158 Å². The van der Waals surface area contributed by atoms with Crippen molar-refractivity contribution < 1.29 is 42.7 Å². The summed E-state index contributed by atoms with van der Waals surface area (Å²) in [4.78, 5) is 41.5. The molecule has 3 aromatic carbocycles. The Kier molecular flexibility index (Phi) is 22.9. The van der Waals surface area contributed by atoms with E-state index in [9.17, 15) is 32.8 Å². The number of nitrogens with zero attached hydrogens (tertiary/aromatic N) is 11. The number of hydrogen-bond donors (Lipinski definition) is 3. The van der Waals surface area contributed by atoms with Gasteiger partial charge in [-0.2, -0.15) is 35.0 Å². The molecule has 1 fully saturated rings. The lowest BCUT2D eigenvalue weighted by molar-refractivity contribution is -0.114. The van der Waals surface area contributed by atoms with E-state index in [1.807, 2.05) is 66.0 Å². The summed E-state index contributed by atoms with van der Waals surface area (Å²) >= 11 is 22.9. The molecule has 26 heteroatoms. The third-order valence-corrected chi connectivity index (χ3v) is 13.8. The molecule has 450 valence electrons. The normalized spacial score (nSPS) is 12.2. The first kappa shape index (κ1) is 65.3. The Bertz CT molecular complexity index is 4470. The summed E-state index contributed by atoms with van der Waals surface area (Å²) in [6.45, 7) is 2.77. The van der Waals surface area contributed by atoms with Gasteiger partial charge in [0.15, 0.2) is 0 Å². The van der Waals surface area contributed by atoms with Crippen LogP contribution in [-0.4, -0.2) is 96.8 Å². The van der Waals surface area contributed by atoms with E-state index in [2.05, 4.69) is 30.5 Å². The molecule has 1 atom stereocenters. The highest BCUT2D eigenvalue weighted by Crippen LogP contribution is 2.22. The molecule has 0 bridgehead atoms. The van der Waals surface area contributed by atoms with E-state index in [4.69, 9.17) is 69.6 Å². The van der Waals surface area contributed by atoms with Crippen LogP contribution >= 0.6 is 46.4 Å². The van der Waals surface area contributed by atoms with Gasteiger partial charge in [-0.3, -0.25) is 19.8 Å². The van der Waals surface area contributed by atoms with Crippen molar-refractivity contribution in [1.29, 1.82) is 5.41 Å². The van der Waals surface area contributed by atoms with Crippen LogP contribution in [0.4, 0.5) is 13.2 Å². The highest BCUT2D eigenvalue weighted by Gasteiger charge is 2.23. The molecule has 1 saturated heterocycles. The van der Waals surface area contributed by atoms with Gasteiger partial charge in [0.2, 0.25) is 5.78 Å². The van der Waals surface area contributed by atoms with Crippen LogP contribution in [0, 0.1) is 29.8 Å². The van der Waals surface area contributed by atoms with E-state index in [1.165, 1.54) is 60.9 Å². The summed E-state index contributed by atoms with van der Waals surface area (Å²) in [5.74, 6) is -3.03. The average molecular weight is 1280 g/mol. The third-order valence-electron chi connectivity index (χ3n) is 12.7. The number of amides is 1. The van der Waals surface area contributed by atoms with Gasteiger partial charge in [0, 0.05) is 67.2 Å². The topological polar surface area (TPSA) is 225 Å². The van der Waals surface area contributed by atoms with E-state index in [0.717, 1.165) is 71.8 Å². The van der Waals surface area contributed by atoms with Gasteiger partial charge in [-0.15, -0.1) is 0 Å². The van der Waals surface area contributed by atoms with Gasteiger partial charge in [-0.25, -0.2) is 31.7 Å². The second-order valence-corrected chi connectivity index (χ2v) is 20.8. The maximum atomic E-state index is 13.2. The third kappa shape index (κ3) is 18.2. The molecule has 89 heavy (non-hydrogen) atoms. The van der Waals surface area contributed by atoms with Gasteiger partial charge in [0.1, 0.15) is 36.3 Å². The number of ether oxygens (including phenoxy) is 1. The number of aryl methyl sites for hydroxylation is 1. The molecule has 0 spiro atoms. The fraction of sp³-hybridized carbons (Fsp3) is 0.111. The molecule has 1 aliphatic rings. The number of halogens is 7. The molecule has 9 aromatic heterocycles. The molecule has 13 rings (SSSR count). The van der Waals surface area contributed by atoms with Gasteiger partial charge in [0.25, 0.3) is 5.78 Å². The Morgan fingerprint density at radius 1 is 0.629 bits per heavy atom. The van der Waals surface area contributed by atoms with Crippen molar-refractivity contribution in [3.05, 3.63) is 295 Å². The molecule has 0 aliphatic carbocycles. The fourth-order valence-electron chi connectivity index (χ4n) is 8.41. The zero-order valence-corrected chi connectivity index (χ0v) is 49.9. The maximum Gasteiger partial charge on any atom is 0.318 e. The lowest BCUT2D eigenvalue weighted by atomic mass is 9.98. The molecule has 3 N–H and O–H groups in total. The van der Waals surface area contributed by atoms with E-state index in [1.54, 1.807) is 82.3 Å². The van der Waals surface area contributed by atoms with Crippen molar-refractivity contribution >= 4 is 88.3 Å². The largest absolute Gasteiger partial charge is 0.429 e. The van der Waals surface area contributed by atoms with Crippen LogP contribution in [0.2, 0.25) is 20.1 Å². The van der Waals surface area contributed by atoms with Gasteiger partial charge >= 0.3 is 5.91 Å². The predicted octanol–water partition coefficient (Wildman–Crippen LogP) is 12.1. The Morgan fingerprint density at radius 3 is 1.65 bits per heavy atom. The average Bonchev–Trinajstić information content (AvgIpc) is 4.51. The van der Waals surface area contributed by atoms with Crippen LogP contribution < -0.4 is 10.7 Å². The number of nitrogens with one attached hydrogen (secondary N) is 1. The monoisotopic (exact) mass is 1280 g/mol. The minimum absolute atomic E-state index is 0.0219. The molecule has 18 nitrogen and oxygen atoms in total. The van der Waals surface area contributed by atoms with Crippen LogP contribution in [0.5, 0.6) is 0 Å². The molecule has 1 unspecified atom stereocenters. The van der Waals surface area contributed by atoms with Crippen molar-refractivity contribution in [1.82, 2.24) is 48.5 Å². The second-order valence-electron chi connectivity index (χ2n) is 19.1. The summed E-state index contributed by atoms with van der Waals surface area (Å²) in [7, 11) is 5.31. The summed E-state index contributed by atoms with van der Waals surface area (Å²) in [5, 5.41) is 45.3. The zero-order valence-electron chi connectivity index (χ0n) is 46.8.